The van der Waals surface area contributed by atoms with Gasteiger partial charge in [-0.3, -0.25) is 0 Å². The van der Waals surface area contributed by atoms with Gasteiger partial charge in [0.1, 0.15) is 0 Å². The van der Waals surface area contributed by atoms with Crippen LogP contribution < -0.4 is 5.32 Å². The second-order valence-electron chi connectivity index (χ2n) is 5.73. The molecule has 1 nitrogen and oxygen atoms in total. The largest absolute Gasteiger partial charge is 0.314 e. The van der Waals surface area contributed by atoms with Gasteiger partial charge in [-0.2, -0.15) is 0 Å². The molecule has 0 aliphatic heterocycles. The minimum absolute atomic E-state index is 0.453. The second kappa shape index (κ2) is 6.86. The summed E-state index contributed by atoms with van der Waals surface area (Å²) in [5.41, 5.74) is 0. The highest BCUT2D eigenvalue weighted by molar-refractivity contribution is 6.20. The van der Waals surface area contributed by atoms with Crippen LogP contribution in [0.25, 0.3) is 0 Å². The third-order valence-corrected chi connectivity index (χ3v) is 4.67. The molecule has 0 amide bonds. The number of halogens is 1. The molecule has 0 heterocycles. The molecule has 2 fully saturated rings. The van der Waals surface area contributed by atoms with Crippen molar-refractivity contribution in [2.75, 3.05) is 6.54 Å². The topological polar surface area (TPSA) is 12.0 Å². The molecule has 94 valence electrons. The van der Waals surface area contributed by atoms with Crippen molar-refractivity contribution in [1.82, 2.24) is 5.32 Å². The van der Waals surface area contributed by atoms with E-state index in [2.05, 4.69) is 5.32 Å². The zero-order valence-corrected chi connectivity index (χ0v) is 11.1. The van der Waals surface area contributed by atoms with Crippen LogP contribution >= 0.6 is 11.6 Å². The highest BCUT2D eigenvalue weighted by atomic mass is 35.5. The van der Waals surface area contributed by atoms with E-state index in [1.165, 1.54) is 70.8 Å². The molecule has 2 aliphatic carbocycles. The van der Waals surface area contributed by atoms with Crippen molar-refractivity contribution in [2.24, 2.45) is 5.92 Å². The van der Waals surface area contributed by atoms with Crippen LogP contribution in [-0.2, 0) is 0 Å². The summed E-state index contributed by atoms with van der Waals surface area (Å²) in [6.07, 6.45) is 13.8. The van der Waals surface area contributed by atoms with Crippen LogP contribution in [0.15, 0.2) is 0 Å². The molecule has 2 unspecified atom stereocenters. The van der Waals surface area contributed by atoms with Crippen LogP contribution in [0.2, 0.25) is 0 Å². The van der Waals surface area contributed by atoms with Crippen LogP contribution in [0, 0.1) is 5.92 Å². The standard InChI is InChI=1S/C14H26ClN/c15-13-7-5-6-12(10-13)11-16-14-8-3-1-2-4-9-14/h12-14,16H,1-11H2. The molecule has 0 spiro atoms. The summed E-state index contributed by atoms with van der Waals surface area (Å²) in [5.74, 6) is 0.847. The van der Waals surface area contributed by atoms with E-state index in [-0.39, 0.29) is 0 Å². The normalized spacial score (nSPS) is 33.6. The molecular formula is C14H26ClN. The molecule has 0 saturated heterocycles. The Morgan fingerprint density at radius 2 is 1.62 bits per heavy atom. The number of hydrogen-bond acceptors (Lipinski definition) is 1. The Kier molecular flexibility index (Phi) is 5.44. The van der Waals surface area contributed by atoms with Crippen molar-refractivity contribution in [3.63, 3.8) is 0 Å². The van der Waals surface area contributed by atoms with E-state index in [9.17, 15) is 0 Å². The number of hydrogen-bond donors (Lipinski definition) is 1. The van der Waals surface area contributed by atoms with Crippen molar-refractivity contribution in [1.29, 1.82) is 0 Å². The molecule has 1 N–H and O–H groups in total. The van der Waals surface area contributed by atoms with Crippen LogP contribution in [-0.4, -0.2) is 18.0 Å². The number of rotatable bonds is 3. The molecule has 0 bridgehead atoms. The van der Waals surface area contributed by atoms with Gasteiger partial charge in [-0.15, -0.1) is 11.6 Å². The van der Waals surface area contributed by atoms with Crippen molar-refractivity contribution in [2.45, 2.75) is 75.6 Å². The first kappa shape index (κ1) is 12.7. The zero-order valence-electron chi connectivity index (χ0n) is 10.4. The van der Waals surface area contributed by atoms with Crippen molar-refractivity contribution in [3.05, 3.63) is 0 Å². The monoisotopic (exact) mass is 243 g/mol. The molecule has 0 aromatic rings. The summed E-state index contributed by atoms with van der Waals surface area (Å²) >= 11 is 6.23. The zero-order chi connectivity index (χ0) is 11.2. The molecule has 0 aromatic heterocycles. The average Bonchev–Trinajstić information content (AvgIpc) is 2.55. The maximum Gasteiger partial charge on any atom is 0.0339 e. The van der Waals surface area contributed by atoms with E-state index in [1.54, 1.807) is 0 Å². The van der Waals surface area contributed by atoms with Crippen LogP contribution in [0.3, 0.4) is 0 Å². The quantitative estimate of drug-likeness (QED) is 0.582. The predicted octanol–water partition coefficient (Wildman–Crippen LogP) is 4.10. The van der Waals surface area contributed by atoms with Gasteiger partial charge in [0.05, 0.1) is 0 Å². The Balaban J connectivity index is 1.65. The van der Waals surface area contributed by atoms with E-state index in [0.29, 0.717) is 5.38 Å². The molecule has 2 rings (SSSR count). The fraction of sp³-hybridized carbons (Fsp3) is 1.00. The van der Waals surface area contributed by atoms with Gasteiger partial charge in [0.2, 0.25) is 0 Å². The predicted molar refractivity (Wildman–Crippen MR) is 71.1 cm³/mol. The molecule has 2 saturated carbocycles. The fourth-order valence-electron chi connectivity index (χ4n) is 3.23. The van der Waals surface area contributed by atoms with Gasteiger partial charge in [-0.1, -0.05) is 32.1 Å². The summed E-state index contributed by atoms with van der Waals surface area (Å²) in [5, 5.41) is 4.25. The maximum absolute atomic E-state index is 6.23. The van der Waals surface area contributed by atoms with Gasteiger partial charge in [0.15, 0.2) is 0 Å². The van der Waals surface area contributed by atoms with Crippen LogP contribution in [0.4, 0.5) is 0 Å². The highest BCUT2D eigenvalue weighted by Crippen LogP contribution is 2.27. The molecule has 0 radical (unpaired) electrons. The number of alkyl halides is 1. The Hall–Kier alpha value is 0.250. The SMILES string of the molecule is ClC1CCCC(CNC2CCCCCC2)C1. The minimum Gasteiger partial charge on any atom is -0.314 e. The lowest BCUT2D eigenvalue weighted by Crippen LogP contribution is -2.34. The lowest BCUT2D eigenvalue weighted by molar-refractivity contribution is 0.322. The Bertz CT molecular complexity index is 185. The summed E-state index contributed by atoms with van der Waals surface area (Å²) < 4.78 is 0. The molecule has 16 heavy (non-hydrogen) atoms. The maximum atomic E-state index is 6.23. The number of nitrogens with one attached hydrogen (secondary N) is 1. The first-order valence-corrected chi connectivity index (χ1v) is 7.65. The van der Waals surface area contributed by atoms with E-state index in [0.717, 1.165) is 12.0 Å². The highest BCUT2D eigenvalue weighted by Gasteiger charge is 2.21. The molecule has 2 aliphatic rings. The van der Waals surface area contributed by atoms with E-state index < -0.39 is 0 Å². The second-order valence-corrected chi connectivity index (χ2v) is 6.34. The first-order chi connectivity index (χ1) is 7.84. The molecule has 0 aromatic carbocycles. The fourth-order valence-corrected chi connectivity index (χ4v) is 3.63. The Labute approximate surface area is 105 Å². The first-order valence-electron chi connectivity index (χ1n) is 7.22. The van der Waals surface area contributed by atoms with E-state index >= 15 is 0 Å². The lowest BCUT2D eigenvalue weighted by atomic mass is 9.88. The van der Waals surface area contributed by atoms with E-state index in [1.807, 2.05) is 0 Å². The Morgan fingerprint density at radius 1 is 0.875 bits per heavy atom. The smallest absolute Gasteiger partial charge is 0.0339 e. The van der Waals surface area contributed by atoms with E-state index in [4.69, 9.17) is 11.6 Å². The average molecular weight is 244 g/mol. The minimum atomic E-state index is 0.453. The molecular weight excluding hydrogens is 218 g/mol. The lowest BCUT2D eigenvalue weighted by Gasteiger charge is -2.27. The van der Waals surface area contributed by atoms with Gasteiger partial charge >= 0.3 is 0 Å². The summed E-state index contributed by atoms with van der Waals surface area (Å²) in [7, 11) is 0. The van der Waals surface area contributed by atoms with Gasteiger partial charge in [-0.25, -0.2) is 0 Å². The summed E-state index contributed by atoms with van der Waals surface area (Å²) in [6, 6.07) is 0.804. The van der Waals surface area contributed by atoms with Gasteiger partial charge in [0.25, 0.3) is 0 Å². The van der Waals surface area contributed by atoms with Gasteiger partial charge in [-0.05, 0) is 44.6 Å². The van der Waals surface area contributed by atoms with Gasteiger partial charge < -0.3 is 5.32 Å². The third-order valence-electron chi connectivity index (χ3n) is 4.27. The Morgan fingerprint density at radius 3 is 2.31 bits per heavy atom. The van der Waals surface area contributed by atoms with Gasteiger partial charge in [0, 0.05) is 11.4 Å². The molecule has 2 atom stereocenters. The third kappa shape index (κ3) is 4.25. The van der Waals surface area contributed by atoms with Crippen LogP contribution in [0.1, 0.15) is 64.2 Å². The molecule has 2 heteroatoms. The van der Waals surface area contributed by atoms with Crippen LogP contribution in [0.5, 0.6) is 0 Å². The van der Waals surface area contributed by atoms with Crippen molar-refractivity contribution < 1.29 is 0 Å². The van der Waals surface area contributed by atoms with Crippen molar-refractivity contribution in [3.8, 4) is 0 Å². The summed E-state index contributed by atoms with van der Waals surface area (Å²) in [4.78, 5) is 0. The summed E-state index contributed by atoms with van der Waals surface area (Å²) in [6.45, 7) is 1.22. The van der Waals surface area contributed by atoms with Crippen molar-refractivity contribution >= 4 is 11.6 Å².